The molecular formula is CH2Cr2O2. The predicted molar refractivity (Wildman–Crippen MR) is 8.69 cm³/mol. The molecule has 0 rings (SSSR count). The maximum atomic E-state index is 8.36. The Kier molecular flexibility index (Phi) is 85.2. The molecule has 0 radical (unpaired) electrons. The molecule has 0 unspecified atom stereocenters. The van der Waals surface area contributed by atoms with E-state index in [-0.39, 0.29) is 41.2 Å². The first kappa shape index (κ1) is 17.7. The van der Waals surface area contributed by atoms with E-state index in [0.29, 0.717) is 0 Å². The van der Waals surface area contributed by atoms with E-state index >= 15 is 0 Å². The maximum Gasteiger partial charge on any atom is 0.290 e. The van der Waals surface area contributed by atoms with Gasteiger partial charge in [-0.25, -0.2) is 0 Å². The Balaban J connectivity index is -0.0000000200. The molecule has 0 saturated carbocycles. The second-order valence-electron chi connectivity index (χ2n) is 0.105. The molecule has 0 aliphatic carbocycles. The van der Waals surface area contributed by atoms with E-state index < -0.39 is 0 Å². The molecule has 0 spiro atoms. The largest absolute Gasteiger partial charge is 0.483 e. The van der Waals surface area contributed by atoms with E-state index in [0.717, 1.165) is 0 Å². The van der Waals surface area contributed by atoms with Gasteiger partial charge in [0.25, 0.3) is 6.47 Å². The van der Waals surface area contributed by atoms with Crippen LogP contribution in [0, 0.1) is 0 Å². The van der Waals surface area contributed by atoms with Gasteiger partial charge in [-0.15, -0.1) is 0 Å². The molecule has 0 bridgehead atoms. The minimum Gasteiger partial charge on any atom is -0.483 e. The summed E-state index contributed by atoms with van der Waals surface area (Å²) in [5.74, 6) is 0. The maximum absolute atomic E-state index is 8.36. The zero-order valence-electron chi connectivity index (χ0n) is 2.25. The minimum absolute atomic E-state index is 0. The molecule has 0 fully saturated rings. The molecule has 0 aromatic heterocycles. The third-order valence-corrected chi connectivity index (χ3v) is 0. The minimum atomic E-state index is -0.250. The van der Waals surface area contributed by atoms with Gasteiger partial charge in [0.05, 0.1) is 0 Å². The molecule has 0 aliphatic rings. The average molecular weight is 150 g/mol. The number of hydrogen-bond acceptors (Lipinski definition) is 1. The van der Waals surface area contributed by atoms with Gasteiger partial charge in [0.15, 0.2) is 0 Å². The normalized spacial score (nSPS) is 2.40. The van der Waals surface area contributed by atoms with Gasteiger partial charge in [0.2, 0.25) is 0 Å². The summed E-state index contributed by atoms with van der Waals surface area (Å²) >= 11 is 0. The van der Waals surface area contributed by atoms with Gasteiger partial charge in [-0.3, -0.25) is 4.79 Å². The van der Waals surface area contributed by atoms with Crippen molar-refractivity contribution in [3.05, 3.63) is 0 Å². The summed E-state index contributed by atoms with van der Waals surface area (Å²) < 4.78 is 0. The van der Waals surface area contributed by atoms with Gasteiger partial charge in [-0.2, -0.15) is 0 Å². The Morgan fingerprint density at radius 3 is 1.40 bits per heavy atom. The van der Waals surface area contributed by atoms with Gasteiger partial charge in [0, 0.05) is 34.7 Å². The molecule has 0 amide bonds. The van der Waals surface area contributed by atoms with Gasteiger partial charge >= 0.3 is 0 Å². The summed E-state index contributed by atoms with van der Waals surface area (Å²) in [5, 5.41) is 6.89. The second kappa shape index (κ2) is 24.1. The van der Waals surface area contributed by atoms with Crippen molar-refractivity contribution in [1.29, 1.82) is 0 Å². The smallest absolute Gasteiger partial charge is 0.290 e. The van der Waals surface area contributed by atoms with Crippen LogP contribution in [-0.2, 0) is 39.5 Å². The van der Waals surface area contributed by atoms with E-state index in [2.05, 4.69) is 0 Å². The Morgan fingerprint density at radius 1 is 1.40 bits per heavy atom. The SMILES string of the molecule is O=CO.[Cr].[Cr]. The standard InChI is InChI=1S/CH2O2.2Cr/c2-1-3;;/h1H,(H,2,3);;. The van der Waals surface area contributed by atoms with Crippen molar-refractivity contribution in [2.45, 2.75) is 0 Å². The number of rotatable bonds is 0. The fourth-order valence-corrected chi connectivity index (χ4v) is 0. The van der Waals surface area contributed by atoms with Crippen molar-refractivity contribution in [3.63, 3.8) is 0 Å². The van der Waals surface area contributed by atoms with Crippen LogP contribution >= 0.6 is 0 Å². The summed E-state index contributed by atoms with van der Waals surface area (Å²) in [6.07, 6.45) is 0. The van der Waals surface area contributed by atoms with Crippen LogP contribution in [0.25, 0.3) is 0 Å². The van der Waals surface area contributed by atoms with Crippen molar-refractivity contribution < 1.29 is 44.6 Å². The fraction of sp³-hybridized carbons (Fsp3) is 0. The Morgan fingerprint density at radius 2 is 1.40 bits per heavy atom. The van der Waals surface area contributed by atoms with Crippen LogP contribution in [0.3, 0.4) is 0 Å². The van der Waals surface area contributed by atoms with Gasteiger partial charge in [-0.05, 0) is 0 Å². The number of hydrogen-bond donors (Lipinski definition) is 1. The Bertz CT molecular complexity index is 15.1. The molecule has 2 nitrogen and oxygen atoms in total. The number of carbonyl (C=O) groups is 1. The topological polar surface area (TPSA) is 37.3 Å². The summed E-state index contributed by atoms with van der Waals surface area (Å²) in [6, 6.07) is 0. The molecule has 0 atom stereocenters. The Labute approximate surface area is 51.4 Å². The quantitative estimate of drug-likeness (QED) is 0.481. The van der Waals surface area contributed by atoms with Crippen LogP contribution in [0.15, 0.2) is 0 Å². The van der Waals surface area contributed by atoms with Crippen LogP contribution in [0.2, 0.25) is 0 Å². The second-order valence-corrected chi connectivity index (χ2v) is 0.105. The molecule has 0 aliphatic heterocycles. The fourth-order valence-electron chi connectivity index (χ4n) is 0. The monoisotopic (exact) mass is 150 g/mol. The first-order valence-electron chi connectivity index (χ1n) is 0.494. The van der Waals surface area contributed by atoms with Crippen LogP contribution in [-0.4, -0.2) is 11.6 Å². The zero-order valence-corrected chi connectivity index (χ0v) is 4.80. The first-order chi connectivity index (χ1) is 1.41. The van der Waals surface area contributed by atoms with E-state index in [1.807, 2.05) is 0 Å². The van der Waals surface area contributed by atoms with Crippen molar-refractivity contribution in [3.8, 4) is 0 Å². The summed E-state index contributed by atoms with van der Waals surface area (Å²) in [6.45, 7) is -0.250. The molecule has 0 heterocycles. The van der Waals surface area contributed by atoms with Crippen LogP contribution in [0.5, 0.6) is 0 Å². The molecule has 30 valence electrons. The molecular weight excluding hydrogens is 148 g/mol. The van der Waals surface area contributed by atoms with E-state index in [1.165, 1.54) is 0 Å². The summed E-state index contributed by atoms with van der Waals surface area (Å²) in [4.78, 5) is 8.36. The first-order valence-corrected chi connectivity index (χ1v) is 0.494. The molecule has 5 heavy (non-hydrogen) atoms. The van der Waals surface area contributed by atoms with Crippen molar-refractivity contribution in [2.24, 2.45) is 0 Å². The van der Waals surface area contributed by atoms with Crippen molar-refractivity contribution in [2.75, 3.05) is 0 Å². The average Bonchev–Trinajstić information content (AvgIpc) is 0.918. The molecule has 0 aromatic carbocycles. The predicted octanol–water partition coefficient (Wildman–Crippen LogP) is -0.304. The molecule has 0 aromatic rings. The van der Waals surface area contributed by atoms with Crippen molar-refractivity contribution in [1.82, 2.24) is 0 Å². The third-order valence-electron chi connectivity index (χ3n) is 0. The summed E-state index contributed by atoms with van der Waals surface area (Å²) in [7, 11) is 0. The molecule has 4 heteroatoms. The van der Waals surface area contributed by atoms with Crippen LogP contribution < -0.4 is 0 Å². The molecule has 1 N–H and O–H groups in total. The van der Waals surface area contributed by atoms with E-state index in [4.69, 9.17) is 9.90 Å². The van der Waals surface area contributed by atoms with Gasteiger partial charge in [0.1, 0.15) is 0 Å². The molecule has 0 saturated heterocycles. The van der Waals surface area contributed by atoms with E-state index in [9.17, 15) is 0 Å². The van der Waals surface area contributed by atoms with Gasteiger partial charge < -0.3 is 5.11 Å². The van der Waals surface area contributed by atoms with Crippen molar-refractivity contribution >= 4 is 6.47 Å². The van der Waals surface area contributed by atoms with Gasteiger partial charge in [-0.1, -0.05) is 0 Å². The van der Waals surface area contributed by atoms with E-state index in [1.54, 1.807) is 0 Å². The zero-order chi connectivity index (χ0) is 2.71. The number of carboxylic acid groups (broad SMARTS) is 1. The summed E-state index contributed by atoms with van der Waals surface area (Å²) in [5.41, 5.74) is 0. The van der Waals surface area contributed by atoms with Crippen LogP contribution in [0.4, 0.5) is 0 Å². The third kappa shape index (κ3) is 102. The van der Waals surface area contributed by atoms with Crippen LogP contribution in [0.1, 0.15) is 0 Å². The Hall–Kier alpha value is 0.535.